The van der Waals surface area contributed by atoms with Gasteiger partial charge in [-0.2, -0.15) is 0 Å². The number of allylic oxidation sites excluding steroid dienone is 3. The average molecular weight is 316 g/mol. The molecule has 1 aromatic rings. The highest BCUT2D eigenvalue weighted by Crippen LogP contribution is 2.35. The lowest BCUT2D eigenvalue weighted by molar-refractivity contribution is 0.293. The Morgan fingerprint density at radius 3 is 1.95 bits per heavy atom. The second kappa shape index (κ2) is 6.28. The van der Waals surface area contributed by atoms with Gasteiger partial charge in [0.15, 0.2) is 9.80 Å². The lowest BCUT2D eigenvalue weighted by Gasteiger charge is -2.28. The quantitative estimate of drug-likeness (QED) is 0.579. The van der Waals surface area contributed by atoms with Crippen molar-refractivity contribution in [2.45, 2.75) is 58.3 Å². The molecule has 1 heteroatoms. The van der Waals surface area contributed by atoms with E-state index in [2.05, 4.69) is 90.3 Å². The van der Waals surface area contributed by atoms with Crippen LogP contribution in [0, 0.1) is 11.3 Å². The van der Waals surface area contributed by atoms with Crippen molar-refractivity contribution in [3.05, 3.63) is 53.0 Å². The molecule has 120 valence electrons. The van der Waals surface area contributed by atoms with Crippen LogP contribution in [-0.4, -0.2) is 6.26 Å². The van der Waals surface area contributed by atoms with Crippen molar-refractivity contribution in [3.63, 3.8) is 0 Å². The van der Waals surface area contributed by atoms with Gasteiger partial charge in [0, 0.05) is 0 Å². The van der Waals surface area contributed by atoms with Crippen LogP contribution in [0.15, 0.2) is 52.3 Å². The highest BCUT2D eigenvalue weighted by molar-refractivity contribution is 8.00. The van der Waals surface area contributed by atoms with Crippen molar-refractivity contribution in [1.29, 1.82) is 0 Å². The SMILES string of the molecule is C[S+](C1=CCC(C(C)(C)C)C=C1)c1ccc(C(C)(C)C)cc1. The Hall–Kier alpha value is -0.950. The van der Waals surface area contributed by atoms with E-state index in [-0.39, 0.29) is 16.3 Å². The molecule has 0 saturated carbocycles. The van der Waals surface area contributed by atoms with Crippen LogP contribution in [0.5, 0.6) is 0 Å². The molecule has 1 aliphatic rings. The predicted molar refractivity (Wildman–Crippen MR) is 101 cm³/mol. The Bertz CT molecular complexity index is 561. The molecule has 0 spiro atoms. The Kier molecular flexibility index (Phi) is 4.96. The first kappa shape index (κ1) is 17.4. The van der Waals surface area contributed by atoms with Gasteiger partial charge in [0.05, 0.1) is 10.9 Å². The van der Waals surface area contributed by atoms with Crippen molar-refractivity contribution in [2.75, 3.05) is 6.26 Å². The summed E-state index contributed by atoms with van der Waals surface area (Å²) >= 11 is 0. The van der Waals surface area contributed by atoms with Crippen LogP contribution in [0.4, 0.5) is 0 Å². The zero-order valence-electron chi connectivity index (χ0n) is 15.2. The van der Waals surface area contributed by atoms with Gasteiger partial charge in [0.1, 0.15) is 6.26 Å². The number of hydrogen-bond acceptors (Lipinski definition) is 0. The molecule has 0 saturated heterocycles. The Labute approximate surface area is 140 Å². The normalized spacial score (nSPS) is 20.7. The smallest absolute Gasteiger partial charge is 0.0756 e. The molecule has 1 aliphatic carbocycles. The van der Waals surface area contributed by atoms with E-state index >= 15 is 0 Å². The number of hydrogen-bond donors (Lipinski definition) is 0. The van der Waals surface area contributed by atoms with Gasteiger partial charge in [-0.1, -0.05) is 59.8 Å². The zero-order valence-corrected chi connectivity index (χ0v) is 16.1. The van der Waals surface area contributed by atoms with Crippen molar-refractivity contribution >= 4 is 10.9 Å². The summed E-state index contributed by atoms with van der Waals surface area (Å²) in [5.41, 5.74) is 2.00. The highest BCUT2D eigenvalue weighted by Gasteiger charge is 2.28. The van der Waals surface area contributed by atoms with Crippen molar-refractivity contribution < 1.29 is 0 Å². The standard InChI is InChI=1S/C21H31S/c1-20(2,3)16-8-12-18(13-9-16)22(7)19-14-10-17(11-15-19)21(4,5)6/h8-10,12-15,17H,11H2,1-7H3/q+1. The molecule has 0 amide bonds. The first-order valence-corrected chi connectivity index (χ1v) is 9.87. The van der Waals surface area contributed by atoms with E-state index in [1.165, 1.54) is 21.8 Å². The minimum atomic E-state index is 0.178. The second-order valence-corrected chi connectivity index (χ2v) is 10.4. The minimum absolute atomic E-state index is 0.178. The summed E-state index contributed by atoms with van der Waals surface area (Å²) in [4.78, 5) is 2.93. The molecule has 2 rings (SSSR count). The monoisotopic (exact) mass is 315 g/mol. The first-order valence-electron chi connectivity index (χ1n) is 8.24. The summed E-state index contributed by atoms with van der Waals surface area (Å²) in [5.74, 6) is 0.663. The van der Waals surface area contributed by atoms with Gasteiger partial charge in [0.25, 0.3) is 0 Å². The summed E-state index contributed by atoms with van der Waals surface area (Å²) in [6.45, 7) is 13.8. The van der Waals surface area contributed by atoms with Gasteiger partial charge < -0.3 is 0 Å². The molecule has 2 unspecified atom stereocenters. The molecule has 0 aliphatic heterocycles. The topological polar surface area (TPSA) is 0 Å². The van der Waals surface area contributed by atoms with Crippen LogP contribution >= 0.6 is 0 Å². The molecular weight excluding hydrogens is 284 g/mol. The van der Waals surface area contributed by atoms with Crippen molar-refractivity contribution in [2.24, 2.45) is 11.3 Å². The molecule has 2 atom stereocenters. The van der Waals surface area contributed by atoms with E-state index in [9.17, 15) is 0 Å². The average Bonchev–Trinajstić information content (AvgIpc) is 2.45. The lowest BCUT2D eigenvalue weighted by atomic mass is 9.77. The molecule has 0 fully saturated rings. The summed E-state index contributed by atoms with van der Waals surface area (Å²) in [5, 5.41) is 0. The molecule has 1 aromatic carbocycles. The van der Waals surface area contributed by atoms with Crippen LogP contribution in [-0.2, 0) is 16.3 Å². The summed E-state index contributed by atoms with van der Waals surface area (Å²) in [7, 11) is 0.178. The molecule has 0 heterocycles. The van der Waals surface area contributed by atoms with Gasteiger partial charge in [-0.15, -0.1) is 0 Å². The molecule has 22 heavy (non-hydrogen) atoms. The van der Waals surface area contributed by atoms with Crippen molar-refractivity contribution in [3.8, 4) is 0 Å². The summed E-state index contributed by atoms with van der Waals surface area (Å²) in [6, 6.07) is 9.22. The highest BCUT2D eigenvalue weighted by atomic mass is 32.2. The fourth-order valence-corrected chi connectivity index (χ4v) is 4.21. The van der Waals surface area contributed by atoms with E-state index in [1.54, 1.807) is 0 Å². The Balaban J connectivity index is 2.12. The molecular formula is C21H31S+. The number of benzene rings is 1. The Morgan fingerprint density at radius 2 is 1.55 bits per heavy atom. The van der Waals surface area contributed by atoms with Gasteiger partial charge in [-0.3, -0.25) is 0 Å². The van der Waals surface area contributed by atoms with Crippen LogP contribution in [0.2, 0.25) is 0 Å². The molecule has 0 nitrogen and oxygen atoms in total. The molecule has 0 aromatic heterocycles. The summed E-state index contributed by atoms with van der Waals surface area (Å²) < 4.78 is 0. The van der Waals surface area contributed by atoms with Crippen LogP contribution in [0.3, 0.4) is 0 Å². The van der Waals surface area contributed by atoms with E-state index in [1.807, 2.05) is 0 Å². The fraction of sp³-hybridized carbons (Fsp3) is 0.524. The van der Waals surface area contributed by atoms with Crippen LogP contribution in [0.1, 0.15) is 53.5 Å². The third-order valence-corrected chi connectivity index (χ3v) is 6.59. The molecule has 0 N–H and O–H groups in total. The third-order valence-electron chi connectivity index (χ3n) is 4.61. The second-order valence-electron chi connectivity index (χ2n) is 8.46. The van der Waals surface area contributed by atoms with Crippen LogP contribution in [0.25, 0.3) is 0 Å². The fourth-order valence-electron chi connectivity index (χ4n) is 2.77. The van der Waals surface area contributed by atoms with Crippen LogP contribution < -0.4 is 0 Å². The lowest BCUT2D eigenvalue weighted by Crippen LogP contribution is -2.20. The van der Waals surface area contributed by atoms with E-state index in [0.717, 1.165) is 0 Å². The van der Waals surface area contributed by atoms with E-state index in [4.69, 9.17) is 0 Å². The van der Waals surface area contributed by atoms with Gasteiger partial charge in [-0.25, -0.2) is 0 Å². The third kappa shape index (κ3) is 4.07. The number of rotatable bonds is 2. The largest absolute Gasteiger partial charge is 0.160 e. The van der Waals surface area contributed by atoms with Gasteiger partial charge in [-0.05, 0) is 53.0 Å². The first-order chi connectivity index (χ1) is 10.1. The molecule has 0 radical (unpaired) electrons. The van der Waals surface area contributed by atoms with Gasteiger partial charge in [0.2, 0.25) is 0 Å². The minimum Gasteiger partial charge on any atom is -0.0756 e. The Morgan fingerprint density at radius 1 is 0.955 bits per heavy atom. The summed E-state index contributed by atoms with van der Waals surface area (Å²) in [6.07, 6.45) is 10.8. The maximum Gasteiger partial charge on any atom is 0.160 e. The predicted octanol–water partition coefficient (Wildman–Crippen LogP) is 6.10. The van der Waals surface area contributed by atoms with E-state index < -0.39 is 0 Å². The molecule has 0 bridgehead atoms. The zero-order chi connectivity index (χ0) is 16.5. The van der Waals surface area contributed by atoms with E-state index in [0.29, 0.717) is 11.3 Å². The van der Waals surface area contributed by atoms with Gasteiger partial charge >= 0.3 is 0 Å². The maximum absolute atomic E-state index is 2.46. The maximum atomic E-state index is 2.46. The van der Waals surface area contributed by atoms with Crippen molar-refractivity contribution in [1.82, 2.24) is 0 Å².